The molecule has 0 aromatic heterocycles. The van der Waals surface area contributed by atoms with Gasteiger partial charge in [-0.2, -0.15) is 0 Å². The van der Waals surface area contributed by atoms with Gasteiger partial charge in [0.25, 0.3) is 0 Å². The number of carbonyl (C=O) groups excluding carboxylic acids is 1. The maximum Gasteiger partial charge on any atom is 0.220 e. The first-order valence-electron chi connectivity index (χ1n) is 31.4. The Bertz CT molecular complexity index is 1880. The van der Waals surface area contributed by atoms with Crippen LogP contribution in [-0.2, 0) is 23.7 Å². The number of carbonyl (C=O) groups is 1. The van der Waals surface area contributed by atoms with Gasteiger partial charge in [0.1, 0.15) is 48.8 Å². The van der Waals surface area contributed by atoms with Crippen molar-refractivity contribution in [2.45, 2.75) is 267 Å². The lowest BCUT2D eigenvalue weighted by Crippen LogP contribution is -2.65. The molecule has 14 heteroatoms. The van der Waals surface area contributed by atoms with Crippen molar-refractivity contribution in [3.05, 3.63) is 134 Å². The Kier molecular flexibility index (Phi) is 46.7. The minimum Gasteiger partial charge on any atom is -0.394 e. The molecule has 0 bridgehead atoms. The lowest BCUT2D eigenvalue weighted by atomic mass is 9.97. The van der Waals surface area contributed by atoms with Crippen LogP contribution in [0.5, 0.6) is 0 Å². The van der Waals surface area contributed by atoms with Crippen molar-refractivity contribution in [3.8, 4) is 0 Å². The van der Waals surface area contributed by atoms with E-state index in [4.69, 9.17) is 18.9 Å². The highest BCUT2D eigenvalue weighted by atomic mass is 16.7. The maximum atomic E-state index is 13.3. The van der Waals surface area contributed by atoms with Crippen LogP contribution in [0.1, 0.15) is 194 Å². The molecule has 12 unspecified atom stereocenters. The Hall–Kier alpha value is -3.87. The monoisotopic (exact) mass is 1150 g/mol. The number of aliphatic hydroxyl groups is 8. The van der Waals surface area contributed by atoms with Gasteiger partial charge in [-0.05, 0) is 109 Å². The van der Waals surface area contributed by atoms with Gasteiger partial charge in [0.2, 0.25) is 5.91 Å². The summed E-state index contributed by atoms with van der Waals surface area (Å²) in [5.41, 5.74) is 0. The number of nitrogens with one attached hydrogen (secondary N) is 1. The Balaban J connectivity index is 1.71. The molecule has 0 radical (unpaired) electrons. The third kappa shape index (κ3) is 36.1. The minimum atomic E-state index is -1.80. The van der Waals surface area contributed by atoms with Crippen LogP contribution in [0, 0.1) is 0 Å². The quantitative estimate of drug-likeness (QED) is 0.0204. The lowest BCUT2D eigenvalue weighted by Gasteiger charge is -2.46. The molecule has 12 atom stereocenters. The number of hydrogen-bond acceptors (Lipinski definition) is 13. The zero-order valence-corrected chi connectivity index (χ0v) is 50.2. The number of rotatable bonds is 48. The van der Waals surface area contributed by atoms with E-state index in [1.54, 1.807) is 6.08 Å². The van der Waals surface area contributed by atoms with Crippen LogP contribution >= 0.6 is 0 Å². The molecular formula is C68H111NO13. The number of ether oxygens (including phenoxy) is 4. The van der Waals surface area contributed by atoms with E-state index in [1.807, 2.05) is 6.08 Å². The molecule has 2 rings (SSSR count). The number of amides is 1. The molecule has 2 fully saturated rings. The number of hydrogen-bond donors (Lipinski definition) is 9. The summed E-state index contributed by atoms with van der Waals surface area (Å²) >= 11 is 0. The van der Waals surface area contributed by atoms with Gasteiger partial charge in [-0.15, -0.1) is 0 Å². The van der Waals surface area contributed by atoms with Gasteiger partial charge in [-0.1, -0.05) is 212 Å². The Labute approximate surface area is 494 Å². The summed E-state index contributed by atoms with van der Waals surface area (Å²) in [6, 6.07) is -0.952. The van der Waals surface area contributed by atoms with E-state index in [9.17, 15) is 45.6 Å². The van der Waals surface area contributed by atoms with Crippen LogP contribution < -0.4 is 5.32 Å². The highest BCUT2D eigenvalue weighted by Crippen LogP contribution is 2.30. The first-order valence-corrected chi connectivity index (χ1v) is 31.4. The fraction of sp³-hybridized carbons (Fsp3) is 0.662. The number of allylic oxidation sites excluding steroid dienone is 21. The molecule has 0 aliphatic carbocycles. The second-order valence-corrected chi connectivity index (χ2v) is 21.4. The minimum absolute atomic E-state index is 0.251. The normalized spacial score (nSPS) is 24.9. The van der Waals surface area contributed by atoms with Crippen molar-refractivity contribution >= 4 is 5.91 Å². The van der Waals surface area contributed by atoms with E-state index in [2.05, 4.69) is 141 Å². The van der Waals surface area contributed by atoms with Crippen molar-refractivity contribution in [3.63, 3.8) is 0 Å². The summed E-state index contributed by atoms with van der Waals surface area (Å²) in [6.07, 6.45) is 59.2. The number of unbranched alkanes of at least 4 members (excludes halogenated alkanes) is 15. The van der Waals surface area contributed by atoms with Crippen LogP contribution in [0.3, 0.4) is 0 Å². The zero-order chi connectivity index (χ0) is 59.5. The molecule has 0 aromatic carbocycles. The second kappa shape index (κ2) is 51.5. The van der Waals surface area contributed by atoms with E-state index in [1.165, 1.54) is 51.4 Å². The van der Waals surface area contributed by atoms with Gasteiger partial charge < -0.3 is 65.1 Å². The first-order chi connectivity index (χ1) is 40.1. The summed E-state index contributed by atoms with van der Waals surface area (Å²) in [4.78, 5) is 13.3. The van der Waals surface area contributed by atoms with Crippen molar-refractivity contribution in [1.82, 2.24) is 5.32 Å². The van der Waals surface area contributed by atoms with Crippen LogP contribution in [0.4, 0.5) is 0 Å². The molecule has 2 heterocycles. The molecule has 0 spiro atoms. The maximum absolute atomic E-state index is 13.3. The van der Waals surface area contributed by atoms with Gasteiger partial charge in [-0.25, -0.2) is 0 Å². The topological polar surface area (TPSA) is 228 Å². The molecule has 14 nitrogen and oxygen atoms in total. The van der Waals surface area contributed by atoms with Gasteiger partial charge in [0, 0.05) is 6.42 Å². The first kappa shape index (κ1) is 74.2. The largest absolute Gasteiger partial charge is 0.394 e. The molecule has 0 aromatic rings. The van der Waals surface area contributed by atoms with E-state index < -0.39 is 86.8 Å². The molecular weight excluding hydrogens is 1040 g/mol. The van der Waals surface area contributed by atoms with Gasteiger partial charge in [0.05, 0.1) is 32.0 Å². The van der Waals surface area contributed by atoms with Crippen molar-refractivity contribution < 1.29 is 64.6 Å². The molecule has 82 heavy (non-hydrogen) atoms. The fourth-order valence-electron chi connectivity index (χ4n) is 9.28. The molecule has 9 N–H and O–H groups in total. The smallest absolute Gasteiger partial charge is 0.220 e. The molecule has 1 amide bonds. The lowest BCUT2D eigenvalue weighted by molar-refractivity contribution is -0.359. The Morgan fingerprint density at radius 1 is 0.451 bits per heavy atom. The molecule has 2 aliphatic rings. The third-order valence-corrected chi connectivity index (χ3v) is 14.3. The van der Waals surface area contributed by atoms with Crippen molar-refractivity contribution in [2.75, 3.05) is 19.8 Å². The summed E-state index contributed by atoms with van der Waals surface area (Å²) < 4.78 is 22.7. The molecule has 2 saturated heterocycles. The van der Waals surface area contributed by atoms with E-state index in [-0.39, 0.29) is 18.9 Å². The second-order valence-electron chi connectivity index (χ2n) is 21.4. The average molecular weight is 1150 g/mol. The van der Waals surface area contributed by atoms with Crippen LogP contribution in [0.15, 0.2) is 134 Å². The predicted molar refractivity (Wildman–Crippen MR) is 331 cm³/mol. The van der Waals surface area contributed by atoms with Crippen LogP contribution in [0.25, 0.3) is 0 Å². The van der Waals surface area contributed by atoms with Crippen LogP contribution in [-0.4, -0.2) is 140 Å². The number of aliphatic hydroxyl groups excluding tert-OH is 8. The zero-order valence-electron chi connectivity index (χ0n) is 50.2. The molecule has 0 saturated carbocycles. The molecule has 2 aliphatic heterocycles. The standard InChI is InChI=1S/C68H111NO13/c1-3-5-7-9-11-13-15-17-19-20-21-22-23-24-25-26-27-28-29-30-31-32-33-34-35-36-38-40-42-44-46-48-50-52-60(73)69-56(57(72)51-49-47-45-43-41-39-37-18-16-14-12-10-8-6-4-2)55-79-67-65(78)63(76)66(59(54-71)81-67)82-68-64(77)62(75)61(74)58(53-70)80-68/h5,7,11,13,16-19,21-22,24-25,27-28,30-31,33-34,41,43,49,51,56-59,61-68,70-72,74-78H,3-4,6,8-10,12,14-15,20,23,26,29,32,35-40,42,44-48,50,52-55H2,1-2H3,(H,69,73)/b7-5-,13-11-,18-16+,19-17-,22-21-,25-24-,28-27-,31-30-,34-33-,43-41+,51-49+. The summed E-state index contributed by atoms with van der Waals surface area (Å²) in [5.74, 6) is -0.269. The van der Waals surface area contributed by atoms with Gasteiger partial charge in [0.15, 0.2) is 12.6 Å². The Morgan fingerprint density at radius 2 is 0.854 bits per heavy atom. The van der Waals surface area contributed by atoms with Crippen molar-refractivity contribution in [1.29, 1.82) is 0 Å². The summed E-state index contributed by atoms with van der Waals surface area (Å²) in [7, 11) is 0. The Morgan fingerprint density at radius 3 is 1.34 bits per heavy atom. The van der Waals surface area contributed by atoms with E-state index in [0.717, 1.165) is 109 Å². The summed E-state index contributed by atoms with van der Waals surface area (Å²) in [6.45, 7) is 2.61. The highest BCUT2D eigenvalue weighted by Gasteiger charge is 2.51. The third-order valence-electron chi connectivity index (χ3n) is 14.3. The van der Waals surface area contributed by atoms with E-state index in [0.29, 0.717) is 12.8 Å². The predicted octanol–water partition coefficient (Wildman–Crippen LogP) is 11.6. The molecule has 466 valence electrons. The van der Waals surface area contributed by atoms with Crippen LogP contribution in [0.2, 0.25) is 0 Å². The fourth-order valence-corrected chi connectivity index (χ4v) is 9.28. The summed E-state index contributed by atoms with van der Waals surface area (Å²) in [5, 5.41) is 87.1. The average Bonchev–Trinajstić information content (AvgIpc) is 3.60. The van der Waals surface area contributed by atoms with Crippen molar-refractivity contribution in [2.24, 2.45) is 0 Å². The van der Waals surface area contributed by atoms with Gasteiger partial charge >= 0.3 is 0 Å². The SMILES string of the molecule is CC/C=C\C/C=C\C/C=C\C/C=C\C/C=C\C/C=C\C/C=C\C/C=C\CCCCCCCCCCC(=O)NC(COC1OC(CO)C(OC2OC(CO)C(O)C(O)C2O)C(O)C1O)C(O)/C=C/CC/C=C/CC/C=C/CCCCCCC. The van der Waals surface area contributed by atoms with E-state index >= 15 is 0 Å². The van der Waals surface area contributed by atoms with Gasteiger partial charge in [-0.3, -0.25) is 4.79 Å². The highest BCUT2D eigenvalue weighted by molar-refractivity contribution is 5.76.